The highest BCUT2D eigenvalue weighted by atomic mass is 16.5. The van der Waals surface area contributed by atoms with Gasteiger partial charge < -0.3 is 19.8 Å². The minimum Gasteiger partial charge on any atom is -0.493 e. The summed E-state index contributed by atoms with van der Waals surface area (Å²) in [6.07, 6.45) is 0. The average Bonchev–Trinajstić information content (AvgIpc) is 3.20. The predicted octanol–water partition coefficient (Wildman–Crippen LogP) is 4.56. The summed E-state index contributed by atoms with van der Waals surface area (Å²) in [4.78, 5) is 16.4. The highest BCUT2D eigenvalue weighted by Crippen LogP contribution is 2.42. The molecule has 1 aliphatic heterocycles. The molecule has 0 saturated heterocycles. The number of H-pyrrole nitrogens is 1. The van der Waals surface area contributed by atoms with Gasteiger partial charge in [0.15, 0.2) is 11.5 Å². The quantitative estimate of drug-likeness (QED) is 0.658. The Morgan fingerprint density at radius 1 is 0.929 bits per heavy atom. The molecule has 0 unspecified atom stereocenters. The zero-order valence-corrected chi connectivity index (χ0v) is 16.3. The van der Waals surface area contributed by atoms with Crippen LogP contribution in [0.15, 0.2) is 48.5 Å². The number of ether oxygens (including phenoxy) is 2. The van der Waals surface area contributed by atoms with Gasteiger partial charge in [0.25, 0.3) is 5.91 Å². The molecule has 4 rings (SSSR count). The van der Waals surface area contributed by atoms with Gasteiger partial charge in [0.05, 0.1) is 19.8 Å². The van der Waals surface area contributed by atoms with E-state index in [0.29, 0.717) is 17.1 Å². The SMILES string of the molecule is COc1ccc(C(=C2C(=O)Nc3ccccc32)c2[nH]c(C)cc2C)cc1OC. The molecular formula is C23H22N2O3. The molecule has 1 aliphatic rings. The van der Waals surface area contributed by atoms with Crippen LogP contribution in [0.1, 0.15) is 28.1 Å². The number of hydrogen-bond acceptors (Lipinski definition) is 3. The van der Waals surface area contributed by atoms with Crippen LogP contribution in [0.25, 0.3) is 11.1 Å². The number of rotatable bonds is 4. The van der Waals surface area contributed by atoms with Gasteiger partial charge in [-0.25, -0.2) is 0 Å². The fourth-order valence-electron chi connectivity index (χ4n) is 3.76. The minimum atomic E-state index is -0.113. The Balaban J connectivity index is 2.05. The number of methoxy groups -OCH3 is 2. The Bertz CT molecular complexity index is 1110. The largest absolute Gasteiger partial charge is 0.493 e. The van der Waals surface area contributed by atoms with E-state index in [1.54, 1.807) is 14.2 Å². The van der Waals surface area contributed by atoms with Crippen molar-refractivity contribution in [3.8, 4) is 11.5 Å². The molecule has 0 aliphatic carbocycles. The van der Waals surface area contributed by atoms with Crippen molar-refractivity contribution in [1.82, 2.24) is 4.98 Å². The van der Waals surface area contributed by atoms with E-state index in [0.717, 1.165) is 39.3 Å². The fourth-order valence-corrected chi connectivity index (χ4v) is 3.76. The summed E-state index contributed by atoms with van der Waals surface area (Å²) in [7, 11) is 3.21. The van der Waals surface area contributed by atoms with Crippen LogP contribution in [0.4, 0.5) is 5.69 Å². The Labute approximate surface area is 164 Å². The average molecular weight is 374 g/mol. The maximum absolute atomic E-state index is 13.0. The Morgan fingerprint density at radius 2 is 1.68 bits per heavy atom. The number of para-hydroxylation sites is 1. The molecule has 0 bridgehead atoms. The van der Waals surface area contributed by atoms with Crippen molar-refractivity contribution in [3.63, 3.8) is 0 Å². The molecule has 0 spiro atoms. The number of amides is 1. The van der Waals surface area contributed by atoms with Gasteiger partial charge in [-0.15, -0.1) is 0 Å². The molecule has 0 fully saturated rings. The fraction of sp³-hybridized carbons (Fsp3) is 0.174. The minimum absolute atomic E-state index is 0.113. The summed E-state index contributed by atoms with van der Waals surface area (Å²) in [5, 5.41) is 2.98. The van der Waals surface area contributed by atoms with Gasteiger partial charge in [0, 0.05) is 28.2 Å². The first kappa shape index (κ1) is 17.9. The number of fused-ring (bicyclic) bond motifs is 1. The van der Waals surface area contributed by atoms with Gasteiger partial charge in [0.1, 0.15) is 0 Å². The maximum atomic E-state index is 13.0. The van der Waals surface area contributed by atoms with Gasteiger partial charge in [-0.3, -0.25) is 4.79 Å². The zero-order valence-electron chi connectivity index (χ0n) is 16.3. The number of nitrogens with one attached hydrogen (secondary N) is 2. The second-order valence-electron chi connectivity index (χ2n) is 6.83. The highest BCUT2D eigenvalue weighted by molar-refractivity contribution is 6.38. The summed E-state index contributed by atoms with van der Waals surface area (Å²) in [5.41, 5.74) is 7.12. The van der Waals surface area contributed by atoms with E-state index in [4.69, 9.17) is 9.47 Å². The number of aryl methyl sites for hydroxylation is 2. The van der Waals surface area contributed by atoms with Crippen LogP contribution < -0.4 is 14.8 Å². The number of benzene rings is 2. The van der Waals surface area contributed by atoms with Gasteiger partial charge in [-0.05, 0) is 49.2 Å². The van der Waals surface area contributed by atoms with E-state index >= 15 is 0 Å². The summed E-state index contributed by atoms with van der Waals surface area (Å²) in [6.45, 7) is 4.05. The second-order valence-corrected chi connectivity index (χ2v) is 6.83. The molecule has 5 nitrogen and oxygen atoms in total. The molecule has 5 heteroatoms. The van der Waals surface area contributed by atoms with Crippen LogP contribution >= 0.6 is 0 Å². The topological polar surface area (TPSA) is 63.3 Å². The molecule has 2 heterocycles. The number of carbonyl (C=O) groups is 1. The van der Waals surface area contributed by atoms with Crippen molar-refractivity contribution >= 4 is 22.7 Å². The maximum Gasteiger partial charge on any atom is 0.257 e. The molecular weight excluding hydrogens is 352 g/mol. The third kappa shape index (κ3) is 2.85. The van der Waals surface area contributed by atoms with E-state index in [1.807, 2.05) is 56.3 Å². The lowest BCUT2D eigenvalue weighted by Crippen LogP contribution is -2.07. The van der Waals surface area contributed by atoms with Crippen LogP contribution in [-0.2, 0) is 4.79 Å². The molecule has 1 aromatic heterocycles. The van der Waals surface area contributed by atoms with Gasteiger partial charge >= 0.3 is 0 Å². The van der Waals surface area contributed by atoms with E-state index < -0.39 is 0 Å². The van der Waals surface area contributed by atoms with Crippen molar-refractivity contribution in [2.75, 3.05) is 19.5 Å². The molecule has 28 heavy (non-hydrogen) atoms. The molecule has 0 saturated carbocycles. The number of anilines is 1. The third-order valence-electron chi connectivity index (χ3n) is 4.99. The van der Waals surface area contributed by atoms with Crippen LogP contribution in [0.5, 0.6) is 11.5 Å². The van der Waals surface area contributed by atoms with E-state index in [9.17, 15) is 4.79 Å². The predicted molar refractivity (Wildman–Crippen MR) is 111 cm³/mol. The van der Waals surface area contributed by atoms with Crippen molar-refractivity contribution in [2.24, 2.45) is 0 Å². The van der Waals surface area contributed by atoms with Crippen molar-refractivity contribution < 1.29 is 14.3 Å². The number of carbonyl (C=O) groups excluding carboxylic acids is 1. The third-order valence-corrected chi connectivity index (χ3v) is 4.99. The lowest BCUT2D eigenvalue weighted by molar-refractivity contribution is -0.110. The van der Waals surface area contributed by atoms with Crippen molar-refractivity contribution in [3.05, 3.63) is 76.6 Å². The molecule has 1 amide bonds. The molecule has 142 valence electrons. The number of aromatic nitrogens is 1. The Kier molecular flexibility index (Phi) is 4.43. The molecule has 2 N–H and O–H groups in total. The van der Waals surface area contributed by atoms with E-state index in [1.165, 1.54) is 0 Å². The normalized spacial score (nSPS) is 14.5. The highest BCUT2D eigenvalue weighted by Gasteiger charge is 2.30. The Morgan fingerprint density at radius 3 is 2.36 bits per heavy atom. The van der Waals surface area contributed by atoms with E-state index in [-0.39, 0.29) is 5.91 Å². The summed E-state index contributed by atoms with van der Waals surface area (Å²) < 4.78 is 10.9. The lowest BCUT2D eigenvalue weighted by atomic mass is 9.91. The monoisotopic (exact) mass is 374 g/mol. The molecule has 0 radical (unpaired) electrons. The van der Waals surface area contributed by atoms with Crippen molar-refractivity contribution in [1.29, 1.82) is 0 Å². The lowest BCUT2D eigenvalue weighted by Gasteiger charge is -2.15. The first-order valence-electron chi connectivity index (χ1n) is 9.07. The van der Waals surface area contributed by atoms with Crippen LogP contribution in [-0.4, -0.2) is 25.1 Å². The van der Waals surface area contributed by atoms with E-state index in [2.05, 4.69) is 16.4 Å². The zero-order chi connectivity index (χ0) is 19.8. The van der Waals surface area contributed by atoms with Crippen LogP contribution in [0.2, 0.25) is 0 Å². The van der Waals surface area contributed by atoms with Gasteiger partial charge in [-0.1, -0.05) is 24.3 Å². The summed E-state index contributed by atoms with van der Waals surface area (Å²) >= 11 is 0. The first-order valence-corrected chi connectivity index (χ1v) is 9.07. The van der Waals surface area contributed by atoms with Crippen molar-refractivity contribution in [2.45, 2.75) is 13.8 Å². The van der Waals surface area contributed by atoms with Gasteiger partial charge in [-0.2, -0.15) is 0 Å². The second kappa shape index (κ2) is 6.93. The molecule has 2 aromatic carbocycles. The summed E-state index contributed by atoms with van der Waals surface area (Å²) in [6, 6.07) is 15.5. The van der Waals surface area contributed by atoms with Crippen LogP contribution in [0, 0.1) is 13.8 Å². The van der Waals surface area contributed by atoms with Gasteiger partial charge in [0.2, 0.25) is 0 Å². The number of aromatic amines is 1. The standard InChI is InChI=1S/C23H22N2O3/c1-13-11-14(2)24-22(13)20(15-9-10-18(27-3)19(12-15)28-4)21-16-7-5-6-8-17(16)25-23(21)26/h5-12,24H,1-4H3,(H,25,26). The molecule has 3 aromatic rings. The first-order chi connectivity index (χ1) is 13.5. The smallest absolute Gasteiger partial charge is 0.257 e. The number of hydrogen-bond donors (Lipinski definition) is 2. The molecule has 0 atom stereocenters. The van der Waals surface area contributed by atoms with Crippen LogP contribution in [0.3, 0.4) is 0 Å². The Hall–Kier alpha value is -3.47. The summed E-state index contributed by atoms with van der Waals surface area (Å²) in [5.74, 6) is 1.15.